The Balaban J connectivity index is 1.72. The molecule has 0 aromatic carbocycles. The predicted molar refractivity (Wildman–Crippen MR) is 78.8 cm³/mol. The van der Waals surface area contributed by atoms with Gasteiger partial charge in [0.25, 0.3) is 0 Å². The molecule has 2 aromatic heterocycles. The van der Waals surface area contributed by atoms with Gasteiger partial charge in [-0.15, -0.1) is 0 Å². The molecule has 0 aliphatic rings. The van der Waals surface area contributed by atoms with Gasteiger partial charge in [-0.25, -0.2) is 15.0 Å². The molecule has 1 N–H and O–H groups in total. The van der Waals surface area contributed by atoms with Crippen LogP contribution >= 0.6 is 23.4 Å². The lowest BCUT2D eigenvalue weighted by Crippen LogP contribution is -2.06. The van der Waals surface area contributed by atoms with Crippen LogP contribution in [0.5, 0.6) is 0 Å². The molecule has 102 valence electrons. The van der Waals surface area contributed by atoms with Crippen LogP contribution in [0.25, 0.3) is 0 Å². The van der Waals surface area contributed by atoms with Crippen LogP contribution < -0.4 is 5.32 Å². The standard InChI is InChI=1S/C12H16ClN5S/c1-19-12-16-10(13)8-11(17-12)15-4-2-3-6-18-7-5-14-9-18/h5,7-9H,2-4,6H2,1H3,(H,15,16,17). The maximum Gasteiger partial charge on any atom is 0.190 e. The third kappa shape index (κ3) is 4.72. The third-order valence-corrected chi connectivity index (χ3v) is 3.31. The molecule has 0 amide bonds. The Morgan fingerprint density at radius 3 is 3.00 bits per heavy atom. The van der Waals surface area contributed by atoms with Crippen molar-refractivity contribution in [2.24, 2.45) is 0 Å². The Morgan fingerprint density at radius 1 is 1.37 bits per heavy atom. The smallest absolute Gasteiger partial charge is 0.190 e. The summed E-state index contributed by atoms with van der Waals surface area (Å²) in [5, 5.41) is 4.43. The molecule has 0 atom stereocenters. The highest BCUT2D eigenvalue weighted by Crippen LogP contribution is 2.17. The molecule has 2 heterocycles. The topological polar surface area (TPSA) is 55.6 Å². The van der Waals surface area contributed by atoms with Gasteiger partial charge in [0.15, 0.2) is 5.16 Å². The van der Waals surface area contributed by atoms with Crippen LogP contribution in [0.1, 0.15) is 12.8 Å². The molecule has 19 heavy (non-hydrogen) atoms. The summed E-state index contributed by atoms with van der Waals surface area (Å²) in [6, 6.07) is 1.75. The normalized spacial score (nSPS) is 10.6. The molecule has 0 saturated heterocycles. The Hall–Kier alpha value is -1.27. The summed E-state index contributed by atoms with van der Waals surface area (Å²) in [5.74, 6) is 0.784. The van der Waals surface area contributed by atoms with E-state index in [1.54, 1.807) is 12.3 Å². The second-order valence-electron chi connectivity index (χ2n) is 4.00. The number of aromatic nitrogens is 4. The fourth-order valence-corrected chi connectivity index (χ4v) is 2.25. The lowest BCUT2D eigenvalue weighted by Gasteiger charge is -2.07. The lowest BCUT2D eigenvalue weighted by molar-refractivity contribution is 0.620. The molecule has 0 saturated carbocycles. The van der Waals surface area contributed by atoms with Crippen LogP contribution in [0, 0.1) is 0 Å². The zero-order valence-electron chi connectivity index (χ0n) is 10.7. The van der Waals surface area contributed by atoms with Crippen molar-refractivity contribution in [3.63, 3.8) is 0 Å². The zero-order valence-corrected chi connectivity index (χ0v) is 12.3. The highest BCUT2D eigenvalue weighted by molar-refractivity contribution is 7.98. The maximum atomic E-state index is 5.92. The number of unbranched alkanes of at least 4 members (excludes halogenated alkanes) is 1. The van der Waals surface area contributed by atoms with E-state index in [9.17, 15) is 0 Å². The minimum Gasteiger partial charge on any atom is -0.370 e. The van der Waals surface area contributed by atoms with Gasteiger partial charge in [-0.2, -0.15) is 0 Å². The Kier molecular flexibility index (Phi) is 5.47. The van der Waals surface area contributed by atoms with E-state index < -0.39 is 0 Å². The number of rotatable bonds is 7. The second kappa shape index (κ2) is 7.35. The quantitative estimate of drug-likeness (QED) is 0.368. The van der Waals surface area contributed by atoms with Crippen molar-refractivity contribution in [2.45, 2.75) is 24.5 Å². The van der Waals surface area contributed by atoms with E-state index in [0.717, 1.165) is 31.7 Å². The van der Waals surface area contributed by atoms with Gasteiger partial charge < -0.3 is 9.88 Å². The van der Waals surface area contributed by atoms with Crippen LogP contribution in [0.4, 0.5) is 5.82 Å². The summed E-state index contributed by atoms with van der Waals surface area (Å²) in [5.41, 5.74) is 0. The molecule has 0 unspecified atom stereocenters. The Labute approximate surface area is 121 Å². The summed E-state index contributed by atoms with van der Waals surface area (Å²) in [7, 11) is 0. The number of aryl methyl sites for hydroxylation is 1. The van der Waals surface area contributed by atoms with Crippen LogP contribution in [0.2, 0.25) is 5.15 Å². The number of imidazole rings is 1. The number of halogens is 1. The van der Waals surface area contributed by atoms with Crippen molar-refractivity contribution < 1.29 is 0 Å². The summed E-state index contributed by atoms with van der Waals surface area (Å²) in [6.45, 7) is 1.86. The van der Waals surface area contributed by atoms with Crippen LogP contribution in [-0.2, 0) is 6.54 Å². The number of anilines is 1. The fourth-order valence-electron chi connectivity index (χ4n) is 1.63. The van der Waals surface area contributed by atoms with Gasteiger partial charge in [0, 0.05) is 31.5 Å². The number of nitrogens with zero attached hydrogens (tertiary/aromatic N) is 4. The van der Waals surface area contributed by atoms with Crippen LogP contribution in [0.15, 0.2) is 29.9 Å². The van der Waals surface area contributed by atoms with Crippen LogP contribution in [-0.4, -0.2) is 32.3 Å². The monoisotopic (exact) mass is 297 g/mol. The first-order valence-electron chi connectivity index (χ1n) is 6.06. The maximum absolute atomic E-state index is 5.92. The molecule has 7 heteroatoms. The first-order valence-corrected chi connectivity index (χ1v) is 7.66. The van der Waals surface area contributed by atoms with Gasteiger partial charge in [0.05, 0.1) is 6.33 Å². The fraction of sp³-hybridized carbons (Fsp3) is 0.417. The molecular formula is C12H16ClN5S. The van der Waals surface area contributed by atoms with Crippen molar-refractivity contribution in [3.05, 3.63) is 29.9 Å². The van der Waals surface area contributed by atoms with Gasteiger partial charge >= 0.3 is 0 Å². The largest absolute Gasteiger partial charge is 0.370 e. The number of nitrogens with one attached hydrogen (secondary N) is 1. The SMILES string of the molecule is CSc1nc(Cl)cc(NCCCCn2ccnc2)n1. The number of thioether (sulfide) groups is 1. The van der Waals surface area contributed by atoms with E-state index in [4.69, 9.17) is 11.6 Å². The Morgan fingerprint density at radius 2 is 2.26 bits per heavy atom. The molecular weight excluding hydrogens is 282 g/mol. The van der Waals surface area contributed by atoms with E-state index in [0.29, 0.717) is 10.3 Å². The summed E-state index contributed by atoms with van der Waals surface area (Å²) in [4.78, 5) is 12.4. The molecule has 0 aliphatic heterocycles. The minimum atomic E-state index is 0.472. The lowest BCUT2D eigenvalue weighted by atomic mass is 10.3. The zero-order chi connectivity index (χ0) is 13.5. The van der Waals surface area contributed by atoms with Gasteiger partial charge in [0.1, 0.15) is 11.0 Å². The molecule has 0 fully saturated rings. The summed E-state index contributed by atoms with van der Waals surface area (Å²) < 4.78 is 2.08. The van der Waals surface area contributed by atoms with Gasteiger partial charge in [0.2, 0.25) is 0 Å². The highest BCUT2D eigenvalue weighted by atomic mass is 35.5. The van der Waals surface area contributed by atoms with Gasteiger partial charge in [-0.05, 0) is 19.1 Å². The molecule has 0 bridgehead atoms. The summed E-state index contributed by atoms with van der Waals surface area (Å²) in [6.07, 6.45) is 9.70. The predicted octanol–water partition coefficient (Wildman–Crippen LogP) is 2.94. The van der Waals surface area contributed by atoms with Gasteiger partial charge in [-0.1, -0.05) is 23.4 Å². The van der Waals surface area contributed by atoms with E-state index in [-0.39, 0.29) is 0 Å². The number of hydrogen-bond donors (Lipinski definition) is 1. The van der Waals surface area contributed by atoms with E-state index in [1.165, 1.54) is 11.8 Å². The van der Waals surface area contributed by atoms with Crippen molar-refractivity contribution in [2.75, 3.05) is 18.1 Å². The molecule has 0 spiro atoms. The molecule has 0 aliphatic carbocycles. The average molecular weight is 298 g/mol. The molecule has 0 radical (unpaired) electrons. The Bertz CT molecular complexity index is 503. The van der Waals surface area contributed by atoms with Gasteiger partial charge in [-0.3, -0.25) is 0 Å². The van der Waals surface area contributed by atoms with Crippen molar-refractivity contribution in [1.82, 2.24) is 19.5 Å². The van der Waals surface area contributed by atoms with E-state index in [2.05, 4.69) is 24.8 Å². The van der Waals surface area contributed by atoms with Crippen molar-refractivity contribution in [3.8, 4) is 0 Å². The van der Waals surface area contributed by atoms with E-state index >= 15 is 0 Å². The first kappa shape index (κ1) is 14.1. The highest BCUT2D eigenvalue weighted by Gasteiger charge is 2.01. The molecule has 5 nitrogen and oxygen atoms in total. The van der Waals surface area contributed by atoms with E-state index in [1.807, 2.05) is 18.8 Å². The minimum absolute atomic E-state index is 0.472. The summed E-state index contributed by atoms with van der Waals surface area (Å²) >= 11 is 7.40. The first-order chi connectivity index (χ1) is 9.28. The van der Waals surface area contributed by atoms with Crippen LogP contribution in [0.3, 0.4) is 0 Å². The van der Waals surface area contributed by atoms with Crippen molar-refractivity contribution in [1.29, 1.82) is 0 Å². The second-order valence-corrected chi connectivity index (χ2v) is 5.16. The third-order valence-electron chi connectivity index (χ3n) is 2.57. The molecule has 2 rings (SSSR count). The average Bonchev–Trinajstić information content (AvgIpc) is 2.91. The molecule has 2 aromatic rings. The van der Waals surface area contributed by atoms with Crippen molar-refractivity contribution >= 4 is 29.2 Å². The number of hydrogen-bond acceptors (Lipinski definition) is 5.